The van der Waals surface area contributed by atoms with Crippen LogP contribution < -0.4 is 9.80 Å². The van der Waals surface area contributed by atoms with E-state index in [4.69, 9.17) is 4.98 Å². The Bertz CT molecular complexity index is 969. The first-order valence-electron chi connectivity index (χ1n) is 9.99. The Kier molecular flexibility index (Phi) is 4.84. The number of imidazole rings is 1. The van der Waals surface area contributed by atoms with Crippen LogP contribution in [-0.4, -0.2) is 35.2 Å². The van der Waals surface area contributed by atoms with Gasteiger partial charge in [0.25, 0.3) is 0 Å². The highest BCUT2D eigenvalue weighted by atomic mass is 15.2. The largest absolute Gasteiger partial charge is 0.378 e. The molecular weight excluding hydrogens is 346 g/mol. The molecule has 3 heterocycles. The van der Waals surface area contributed by atoms with E-state index < -0.39 is 0 Å². The molecule has 1 aliphatic rings. The van der Waals surface area contributed by atoms with Crippen LogP contribution >= 0.6 is 0 Å². The van der Waals surface area contributed by atoms with Gasteiger partial charge in [-0.05, 0) is 49.2 Å². The topological polar surface area (TPSA) is 37.2 Å². The maximum atomic E-state index is 4.96. The van der Waals surface area contributed by atoms with Gasteiger partial charge in [-0.2, -0.15) is 0 Å². The van der Waals surface area contributed by atoms with Crippen LogP contribution in [0.4, 0.5) is 11.4 Å². The maximum absolute atomic E-state index is 4.96. The molecule has 0 radical (unpaired) electrons. The van der Waals surface area contributed by atoms with Gasteiger partial charge in [0.2, 0.25) is 0 Å². The second-order valence-corrected chi connectivity index (χ2v) is 8.03. The number of rotatable bonds is 4. The normalized spacial score (nSPS) is 13.7. The van der Waals surface area contributed by atoms with E-state index in [1.807, 2.05) is 12.3 Å². The Morgan fingerprint density at radius 2 is 1.79 bits per heavy atom. The molecule has 146 valence electrons. The number of hydrogen-bond donors (Lipinski definition) is 0. The molecule has 0 N–H and O–H groups in total. The van der Waals surface area contributed by atoms with Crippen molar-refractivity contribution in [1.29, 1.82) is 0 Å². The van der Waals surface area contributed by atoms with Crippen molar-refractivity contribution < 1.29 is 0 Å². The van der Waals surface area contributed by atoms with E-state index in [0.29, 0.717) is 5.92 Å². The Balaban J connectivity index is 1.71. The van der Waals surface area contributed by atoms with Crippen molar-refractivity contribution in [3.63, 3.8) is 0 Å². The molecule has 0 bridgehead atoms. The lowest BCUT2D eigenvalue weighted by Crippen LogP contribution is -2.34. The third-order valence-corrected chi connectivity index (χ3v) is 5.57. The SMILES string of the molecule is Cc1nc(-c2cccnc2C(C)C)c2n1CCN(c1ccc(N(C)C)cc1)C2. The first kappa shape index (κ1) is 18.5. The van der Waals surface area contributed by atoms with Gasteiger partial charge >= 0.3 is 0 Å². The molecule has 0 unspecified atom stereocenters. The number of fused-ring (bicyclic) bond motifs is 1. The minimum atomic E-state index is 0.368. The van der Waals surface area contributed by atoms with E-state index in [1.54, 1.807) is 0 Å². The third kappa shape index (κ3) is 3.26. The molecule has 1 aromatic carbocycles. The van der Waals surface area contributed by atoms with Crippen LogP contribution in [0.5, 0.6) is 0 Å². The highest BCUT2D eigenvalue weighted by molar-refractivity contribution is 5.67. The Labute approximate surface area is 167 Å². The van der Waals surface area contributed by atoms with Gasteiger partial charge in [0.05, 0.1) is 23.6 Å². The summed E-state index contributed by atoms with van der Waals surface area (Å²) in [7, 11) is 4.15. The lowest BCUT2D eigenvalue weighted by molar-refractivity contribution is 0.560. The monoisotopic (exact) mass is 375 g/mol. The molecule has 3 aromatic rings. The fourth-order valence-corrected chi connectivity index (χ4v) is 4.02. The maximum Gasteiger partial charge on any atom is 0.106 e. The molecule has 0 amide bonds. The van der Waals surface area contributed by atoms with Crippen LogP contribution in [0.15, 0.2) is 42.6 Å². The first-order chi connectivity index (χ1) is 13.5. The van der Waals surface area contributed by atoms with E-state index >= 15 is 0 Å². The molecule has 4 rings (SSSR count). The van der Waals surface area contributed by atoms with Crippen molar-refractivity contribution in [3.8, 4) is 11.3 Å². The van der Waals surface area contributed by atoms with Crippen molar-refractivity contribution >= 4 is 11.4 Å². The van der Waals surface area contributed by atoms with Crippen molar-refractivity contribution in [2.45, 2.75) is 39.8 Å². The first-order valence-corrected chi connectivity index (χ1v) is 9.99. The lowest BCUT2D eigenvalue weighted by atomic mass is 10.00. The number of benzene rings is 1. The quantitative estimate of drug-likeness (QED) is 0.674. The second-order valence-electron chi connectivity index (χ2n) is 8.03. The average molecular weight is 376 g/mol. The van der Waals surface area contributed by atoms with Crippen molar-refractivity contribution in [1.82, 2.24) is 14.5 Å². The van der Waals surface area contributed by atoms with Gasteiger partial charge in [0.15, 0.2) is 0 Å². The Hall–Kier alpha value is -2.82. The molecule has 1 aliphatic heterocycles. The smallest absolute Gasteiger partial charge is 0.106 e. The standard InChI is InChI=1S/C23H29N5/c1-16(2)22-20(7-6-12-24-22)23-21-15-27(13-14-28(21)17(3)25-23)19-10-8-18(9-11-19)26(4)5/h6-12,16H,13-15H2,1-5H3. The fraction of sp³-hybridized carbons (Fsp3) is 0.391. The zero-order chi connectivity index (χ0) is 19.8. The molecule has 0 saturated heterocycles. The van der Waals surface area contributed by atoms with Gasteiger partial charge in [-0.15, -0.1) is 0 Å². The van der Waals surface area contributed by atoms with E-state index in [2.05, 4.69) is 84.5 Å². The summed E-state index contributed by atoms with van der Waals surface area (Å²) in [5, 5.41) is 0. The summed E-state index contributed by atoms with van der Waals surface area (Å²) in [6, 6.07) is 13.0. The average Bonchev–Trinajstić information content (AvgIpc) is 3.04. The molecule has 28 heavy (non-hydrogen) atoms. The second kappa shape index (κ2) is 7.30. The summed E-state index contributed by atoms with van der Waals surface area (Å²) in [5.41, 5.74) is 7.14. The van der Waals surface area contributed by atoms with E-state index in [-0.39, 0.29) is 0 Å². The van der Waals surface area contributed by atoms with Crippen LogP contribution in [0.2, 0.25) is 0 Å². The molecule has 0 fully saturated rings. The van der Waals surface area contributed by atoms with Crippen LogP contribution in [-0.2, 0) is 13.1 Å². The van der Waals surface area contributed by atoms with Crippen LogP contribution in [0.3, 0.4) is 0 Å². The zero-order valence-electron chi connectivity index (χ0n) is 17.5. The molecular formula is C23H29N5. The summed E-state index contributed by atoms with van der Waals surface area (Å²) < 4.78 is 2.37. The predicted molar refractivity (Wildman–Crippen MR) is 116 cm³/mol. The molecule has 0 atom stereocenters. The third-order valence-electron chi connectivity index (χ3n) is 5.57. The number of aromatic nitrogens is 3. The summed E-state index contributed by atoms with van der Waals surface area (Å²) in [5.74, 6) is 1.46. The molecule has 0 saturated carbocycles. The summed E-state index contributed by atoms with van der Waals surface area (Å²) >= 11 is 0. The van der Waals surface area contributed by atoms with Gasteiger partial charge in [-0.3, -0.25) is 4.98 Å². The lowest BCUT2D eigenvalue weighted by Gasteiger charge is -2.31. The van der Waals surface area contributed by atoms with E-state index in [9.17, 15) is 0 Å². The van der Waals surface area contributed by atoms with E-state index in [0.717, 1.165) is 36.8 Å². The molecule has 5 heteroatoms. The van der Waals surface area contributed by atoms with Crippen molar-refractivity contribution in [2.75, 3.05) is 30.4 Å². The Morgan fingerprint density at radius 1 is 1.04 bits per heavy atom. The Morgan fingerprint density at radius 3 is 2.46 bits per heavy atom. The summed E-state index contributed by atoms with van der Waals surface area (Å²) in [6.45, 7) is 9.32. The van der Waals surface area contributed by atoms with Crippen LogP contribution in [0, 0.1) is 6.92 Å². The number of nitrogens with zero attached hydrogens (tertiary/aromatic N) is 5. The van der Waals surface area contributed by atoms with Crippen molar-refractivity contribution in [2.24, 2.45) is 0 Å². The molecule has 5 nitrogen and oxygen atoms in total. The van der Waals surface area contributed by atoms with Gasteiger partial charge in [0.1, 0.15) is 5.82 Å². The van der Waals surface area contributed by atoms with Gasteiger partial charge in [-0.1, -0.05) is 13.8 Å². The van der Waals surface area contributed by atoms with Crippen molar-refractivity contribution in [3.05, 3.63) is 59.8 Å². The van der Waals surface area contributed by atoms with Gasteiger partial charge < -0.3 is 14.4 Å². The minimum absolute atomic E-state index is 0.368. The predicted octanol–water partition coefficient (Wildman–Crippen LogP) is 4.46. The zero-order valence-corrected chi connectivity index (χ0v) is 17.5. The summed E-state index contributed by atoms with van der Waals surface area (Å²) in [6.07, 6.45) is 1.88. The molecule has 0 spiro atoms. The number of hydrogen-bond acceptors (Lipinski definition) is 4. The van der Waals surface area contributed by atoms with Gasteiger partial charge in [0, 0.05) is 50.3 Å². The fourth-order valence-electron chi connectivity index (χ4n) is 4.02. The summed E-state index contributed by atoms with van der Waals surface area (Å²) in [4.78, 5) is 14.2. The highest BCUT2D eigenvalue weighted by Crippen LogP contribution is 2.33. The van der Waals surface area contributed by atoms with Gasteiger partial charge in [-0.25, -0.2) is 4.98 Å². The molecule has 0 aliphatic carbocycles. The van der Waals surface area contributed by atoms with Crippen LogP contribution in [0.1, 0.15) is 37.0 Å². The number of aryl methyl sites for hydroxylation is 1. The minimum Gasteiger partial charge on any atom is -0.378 e. The highest BCUT2D eigenvalue weighted by Gasteiger charge is 2.25. The molecule has 2 aromatic heterocycles. The number of pyridine rings is 1. The number of anilines is 2. The van der Waals surface area contributed by atoms with Crippen LogP contribution in [0.25, 0.3) is 11.3 Å². The van der Waals surface area contributed by atoms with E-state index in [1.165, 1.54) is 22.6 Å².